The van der Waals surface area contributed by atoms with Crippen LogP contribution in [-0.2, 0) is 4.79 Å². The van der Waals surface area contributed by atoms with Crippen LogP contribution in [-0.4, -0.2) is 32.0 Å². The van der Waals surface area contributed by atoms with E-state index in [2.05, 4.69) is 5.32 Å². The Bertz CT molecular complexity index is 1140. The van der Waals surface area contributed by atoms with Crippen LogP contribution in [0.4, 0.5) is 15.8 Å². The minimum atomic E-state index is -1.00. The van der Waals surface area contributed by atoms with Gasteiger partial charge in [0.15, 0.2) is 5.76 Å². The molecule has 2 aromatic carbocycles. The highest BCUT2D eigenvalue weighted by molar-refractivity contribution is 6.08. The Morgan fingerprint density at radius 1 is 1.03 bits per heavy atom. The van der Waals surface area contributed by atoms with Gasteiger partial charge < -0.3 is 14.6 Å². The summed E-state index contributed by atoms with van der Waals surface area (Å²) in [6, 6.07) is 14.2. The fourth-order valence-electron chi connectivity index (χ4n) is 4.36. The first kappa shape index (κ1) is 23.5. The minimum Gasteiger partial charge on any atom is -0.459 e. The van der Waals surface area contributed by atoms with Gasteiger partial charge in [0, 0.05) is 31.5 Å². The zero-order valence-electron chi connectivity index (χ0n) is 19.8. The van der Waals surface area contributed by atoms with Crippen molar-refractivity contribution in [3.8, 4) is 0 Å². The van der Waals surface area contributed by atoms with Crippen LogP contribution in [0.1, 0.15) is 53.4 Å². The standard InChI is InChI=1S/C27H30FN3O3/c1-18-10-13-22(17-23(18)28)31(27(33)24-9-6-16-34-24)25(26(32)29-20-7-4-5-8-20)19-11-14-21(15-12-19)30(2)3/h6,9-17,20,25H,4-5,7-8H2,1-3H3,(H,29,32). The lowest BCUT2D eigenvalue weighted by atomic mass is 10.0. The van der Waals surface area contributed by atoms with E-state index in [1.807, 2.05) is 43.3 Å². The van der Waals surface area contributed by atoms with E-state index in [9.17, 15) is 14.0 Å². The smallest absolute Gasteiger partial charge is 0.294 e. The van der Waals surface area contributed by atoms with E-state index in [0.29, 0.717) is 11.1 Å². The van der Waals surface area contributed by atoms with E-state index in [1.165, 1.54) is 17.2 Å². The molecule has 34 heavy (non-hydrogen) atoms. The summed E-state index contributed by atoms with van der Waals surface area (Å²) in [4.78, 5) is 30.7. The first-order chi connectivity index (χ1) is 16.3. The number of benzene rings is 2. The minimum absolute atomic E-state index is 0.0615. The van der Waals surface area contributed by atoms with E-state index in [1.54, 1.807) is 31.2 Å². The van der Waals surface area contributed by atoms with Crippen LogP contribution in [0.5, 0.6) is 0 Å². The average Bonchev–Trinajstić information content (AvgIpc) is 3.53. The molecule has 1 heterocycles. The van der Waals surface area contributed by atoms with Gasteiger partial charge in [0.25, 0.3) is 5.91 Å². The molecule has 1 aliphatic rings. The average molecular weight is 464 g/mol. The topological polar surface area (TPSA) is 65.8 Å². The third kappa shape index (κ3) is 4.98. The molecule has 7 heteroatoms. The molecule has 4 rings (SSSR count). The van der Waals surface area contributed by atoms with Gasteiger partial charge in [0.2, 0.25) is 5.91 Å². The number of nitrogens with zero attached hydrogens (tertiary/aromatic N) is 2. The number of carbonyl (C=O) groups is 2. The fraction of sp³-hybridized carbons (Fsp3) is 0.333. The zero-order valence-corrected chi connectivity index (χ0v) is 19.8. The van der Waals surface area contributed by atoms with Crippen LogP contribution < -0.4 is 15.1 Å². The second kappa shape index (κ2) is 10.1. The molecular formula is C27H30FN3O3. The molecule has 1 aromatic heterocycles. The first-order valence-electron chi connectivity index (χ1n) is 11.6. The summed E-state index contributed by atoms with van der Waals surface area (Å²) in [7, 11) is 3.86. The predicted octanol–water partition coefficient (Wildman–Crippen LogP) is 5.24. The molecule has 0 bridgehead atoms. The lowest BCUT2D eigenvalue weighted by Crippen LogP contribution is -2.46. The number of amides is 2. The number of nitrogens with one attached hydrogen (secondary N) is 1. The summed E-state index contributed by atoms with van der Waals surface area (Å²) < 4.78 is 20.0. The molecule has 1 fully saturated rings. The van der Waals surface area contributed by atoms with Gasteiger partial charge in [-0.1, -0.05) is 31.0 Å². The van der Waals surface area contributed by atoms with E-state index in [-0.39, 0.29) is 23.4 Å². The van der Waals surface area contributed by atoms with Crippen LogP contribution in [0.25, 0.3) is 0 Å². The van der Waals surface area contributed by atoms with Gasteiger partial charge in [-0.15, -0.1) is 0 Å². The Kier molecular flexibility index (Phi) is 7.01. The van der Waals surface area contributed by atoms with Crippen molar-refractivity contribution in [2.45, 2.75) is 44.7 Å². The number of hydrogen-bond donors (Lipinski definition) is 1. The Hall–Kier alpha value is -3.61. The molecule has 0 spiro atoms. The summed E-state index contributed by atoms with van der Waals surface area (Å²) in [5.74, 6) is -1.20. The summed E-state index contributed by atoms with van der Waals surface area (Å²) in [5.41, 5.74) is 2.33. The lowest BCUT2D eigenvalue weighted by Gasteiger charge is -2.32. The van der Waals surface area contributed by atoms with Gasteiger partial charge >= 0.3 is 0 Å². The van der Waals surface area contributed by atoms with Crippen molar-refractivity contribution in [1.82, 2.24) is 5.32 Å². The molecule has 0 aliphatic heterocycles. The van der Waals surface area contributed by atoms with Crippen LogP contribution in [0.15, 0.2) is 65.3 Å². The highest BCUT2D eigenvalue weighted by Crippen LogP contribution is 2.32. The van der Waals surface area contributed by atoms with E-state index < -0.39 is 17.8 Å². The Morgan fingerprint density at radius 3 is 2.29 bits per heavy atom. The SMILES string of the molecule is Cc1ccc(N(C(=O)c2ccco2)C(C(=O)NC2CCCC2)c2ccc(N(C)C)cc2)cc1F. The number of aryl methyl sites for hydroxylation is 1. The van der Waals surface area contributed by atoms with Crippen LogP contribution in [0, 0.1) is 12.7 Å². The highest BCUT2D eigenvalue weighted by Gasteiger charge is 2.36. The lowest BCUT2D eigenvalue weighted by molar-refractivity contribution is -0.123. The normalized spacial score (nSPS) is 14.6. The quantitative estimate of drug-likeness (QED) is 0.520. The molecule has 2 amide bonds. The Morgan fingerprint density at radius 2 is 1.71 bits per heavy atom. The van der Waals surface area contributed by atoms with Gasteiger partial charge in [-0.2, -0.15) is 0 Å². The summed E-state index contributed by atoms with van der Waals surface area (Å²) in [6.07, 6.45) is 5.34. The number of halogens is 1. The molecule has 1 atom stereocenters. The maximum absolute atomic E-state index is 14.6. The largest absolute Gasteiger partial charge is 0.459 e. The van der Waals surface area contributed by atoms with Crippen molar-refractivity contribution >= 4 is 23.2 Å². The molecule has 3 aromatic rings. The molecule has 0 saturated heterocycles. The van der Waals surface area contributed by atoms with Crippen LogP contribution in [0.2, 0.25) is 0 Å². The highest BCUT2D eigenvalue weighted by atomic mass is 19.1. The summed E-state index contributed by atoms with van der Waals surface area (Å²) in [6.45, 7) is 1.65. The van der Waals surface area contributed by atoms with Crippen LogP contribution in [0.3, 0.4) is 0 Å². The number of furan rings is 1. The maximum atomic E-state index is 14.6. The van der Waals surface area contributed by atoms with Gasteiger partial charge in [-0.05, 0) is 67.3 Å². The third-order valence-electron chi connectivity index (χ3n) is 6.32. The molecule has 6 nitrogen and oxygen atoms in total. The van der Waals surface area contributed by atoms with Gasteiger partial charge in [-0.25, -0.2) is 4.39 Å². The van der Waals surface area contributed by atoms with Crippen molar-refractivity contribution in [2.75, 3.05) is 23.9 Å². The van der Waals surface area contributed by atoms with Crippen molar-refractivity contribution in [3.05, 3.63) is 83.6 Å². The van der Waals surface area contributed by atoms with E-state index in [4.69, 9.17) is 4.42 Å². The number of hydrogen-bond acceptors (Lipinski definition) is 4. The van der Waals surface area contributed by atoms with Crippen molar-refractivity contribution in [2.24, 2.45) is 0 Å². The molecule has 1 aliphatic carbocycles. The maximum Gasteiger partial charge on any atom is 0.294 e. The summed E-state index contributed by atoms with van der Waals surface area (Å²) in [5, 5.41) is 3.12. The van der Waals surface area contributed by atoms with Crippen molar-refractivity contribution in [3.63, 3.8) is 0 Å². The molecule has 1 N–H and O–H groups in total. The Balaban J connectivity index is 1.82. The Labute approximate surface area is 199 Å². The molecule has 1 unspecified atom stereocenters. The third-order valence-corrected chi connectivity index (χ3v) is 6.32. The first-order valence-corrected chi connectivity index (χ1v) is 11.6. The fourth-order valence-corrected chi connectivity index (χ4v) is 4.36. The number of rotatable bonds is 7. The predicted molar refractivity (Wildman–Crippen MR) is 131 cm³/mol. The monoisotopic (exact) mass is 463 g/mol. The van der Waals surface area contributed by atoms with Gasteiger partial charge in [0.05, 0.1) is 6.26 Å². The second-order valence-electron chi connectivity index (χ2n) is 8.96. The van der Waals surface area contributed by atoms with E-state index >= 15 is 0 Å². The molecule has 1 saturated carbocycles. The van der Waals surface area contributed by atoms with Crippen molar-refractivity contribution < 1.29 is 18.4 Å². The van der Waals surface area contributed by atoms with Crippen molar-refractivity contribution in [1.29, 1.82) is 0 Å². The molecule has 178 valence electrons. The molecular weight excluding hydrogens is 433 g/mol. The second-order valence-corrected chi connectivity index (χ2v) is 8.96. The van der Waals surface area contributed by atoms with E-state index in [0.717, 1.165) is 31.4 Å². The van der Waals surface area contributed by atoms with Gasteiger partial charge in [-0.3, -0.25) is 14.5 Å². The number of anilines is 2. The van der Waals surface area contributed by atoms with Crippen LogP contribution >= 0.6 is 0 Å². The van der Waals surface area contributed by atoms with Gasteiger partial charge in [0.1, 0.15) is 11.9 Å². The number of carbonyl (C=O) groups excluding carboxylic acids is 2. The summed E-state index contributed by atoms with van der Waals surface area (Å²) >= 11 is 0. The molecule has 0 radical (unpaired) electrons. The zero-order chi connectivity index (χ0) is 24.2.